The monoisotopic (exact) mass is 576 g/mol. The van der Waals surface area contributed by atoms with Crippen LogP contribution < -0.4 is 15.4 Å². The van der Waals surface area contributed by atoms with Gasteiger partial charge in [0.2, 0.25) is 5.91 Å². The summed E-state index contributed by atoms with van der Waals surface area (Å²) < 4.78 is 19.5. The van der Waals surface area contributed by atoms with E-state index in [0.29, 0.717) is 34.0 Å². The van der Waals surface area contributed by atoms with Crippen LogP contribution in [0.4, 0.5) is 14.9 Å². The molecule has 2 aliphatic heterocycles. The zero-order valence-electron chi connectivity index (χ0n) is 23.4. The first-order valence-electron chi connectivity index (χ1n) is 13.9. The number of rotatable bonds is 8. The average molecular weight is 577 g/mol. The predicted octanol–water partition coefficient (Wildman–Crippen LogP) is 5.66. The first-order valence-corrected chi connectivity index (χ1v) is 13.9. The van der Waals surface area contributed by atoms with Crippen LogP contribution in [0.15, 0.2) is 120 Å². The molecule has 0 aromatic heterocycles. The van der Waals surface area contributed by atoms with Gasteiger partial charge in [-0.3, -0.25) is 14.5 Å². The molecule has 0 fully saturated rings. The van der Waals surface area contributed by atoms with Crippen LogP contribution in [0, 0.1) is 5.82 Å². The lowest BCUT2D eigenvalue weighted by Gasteiger charge is -2.31. The SMILES string of the molecule is CN1C(=O)NC(c2cccc(Oc3ccccc3)c2)C2=C1CN(C(Cc1ccccc1)C(=O)Nc1ccc(F)cc1)C2=O. The Hall–Kier alpha value is -5.44. The minimum atomic E-state index is -0.901. The van der Waals surface area contributed by atoms with Gasteiger partial charge in [-0.1, -0.05) is 60.7 Å². The van der Waals surface area contributed by atoms with E-state index in [-0.39, 0.29) is 24.9 Å². The Balaban J connectivity index is 1.32. The highest BCUT2D eigenvalue weighted by molar-refractivity contribution is 6.05. The average Bonchev–Trinajstić information content (AvgIpc) is 3.36. The van der Waals surface area contributed by atoms with Crippen molar-refractivity contribution < 1.29 is 23.5 Å². The molecule has 2 N–H and O–H groups in total. The van der Waals surface area contributed by atoms with E-state index >= 15 is 0 Å². The van der Waals surface area contributed by atoms with Crippen LogP contribution in [0.25, 0.3) is 0 Å². The summed E-state index contributed by atoms with van der Waals surface area (Å²) in [5.41, 5.74) is 2.88. The largest absolute Gasteiger partial charge is 0.457 e. The zero-order chi connectivity index (χ0) is 29.9. The van der Waals surface area contributed by atoms with E-state index < -0.39 is 23.8 Å². The van der Waals surface area contributed by atoms with Crippen molar-refractivity contribution >= 4 is 23.5 Å². The van der Waals surface area contributed by atoms with Crippen molar-refractivity contribution in [2.45, 2.75) is 18.5 Å². The summed E-state index contributed by atoms with van der Waals surface area (Å²) in [4.78, 5) is 43.9. The highest BCUT2D eigenvalue weighted by Gasteiger charge is 2.46. The van der Waals surface area contributed by atoms with Crippen LogP contribution in [0.2, 0.25) is 0 Å². The summed E-state index contributed by atoms with van der Waals surface area (Å²) in [6.07, 6.45) is 0.246. The molecule has 0 spiro atoms. The van der Waals surface area contributed by atoms with Gasteiger partial charge in [0.15, 0.2) is 0 Å². The van der Waals surface area contributed by atoms with Gasteiger partial charge in [-0.05, 0) is 59.7 Å². The molecule has 4 amide bonds. The number of amides is 4. The molecule has 6 rings (SSSR count). The standard InChI is InChI=1S/C34H29FN4O4/c1-38-29-21-39(28(19-22-9-4-2-5-10-22)32(40)36-25-17-15-24(35)16-18-25)33(41)30(29)31(37-34(38)42)23-11-8-14-27(20-23)43-26-12-6-3-7-13-26/h2-18,20,28,31H,19,21H2,1H3,(H,36,40)(H,37,42). The fourth-order valence-corrected chi connectivity index (χ4v) is 5.41. The fourth-order valence-electron chi connectivity index (χ4n) is 5.41. The van der Waals surface area contributed by atoms with E-state index in [1.54, 1.807) is 19.2 Å². The summed E-state index contributed by atoms with van der Waals surface area (Å²) in [7, 11) is 1.61. The van der Waals surface area contributed by atoms with E-state index in [4.69, 9.17) is 4.74 Å². The third-order valence-corrected chi connectivity index (χ3v) is 7.62. The molecule has 4 aromatic rings. The van der Waals surface area contributed by atoms with Gasteiger partial charge in [-0.25, -0.2) is 9.18 Å². The van der Waals surface area contributed by atoms with Crippen LogP contribution >= 0.6 is 0 Å². The molecule has 0 saturated carbocycles. The Morgan fingerprint density at radius 2 is 1.60 bits per heavy atom. The Labute approximate surface area is 248 Å². The number of para-hydroxylation sites is 1. The van der Waals surface area contributed by atoms with E-state index in [9.17, 15) is 18.8 Å². The molecule has 2 atom stereocenters. The molecule has 0 radical (unpaired) electrons. The number of ether oxygens (including phenoxy) is 1. The Morgan fingerprint density at radius 3 is 2.33 bits per heavy atom. The number of urea groups is 1. The number of hydrogen-bond donors (Lipinski definition) is 2. The number of hydrogen-bond acceptors (Lipinski definition) is 4. The van der Waals surface area contributed by atoms with Gasteiger partial charge >= 0.3 is 6.03 Å². The van der Waals surface area contributed by atoms with Gasteiger partial charge in [0.25, 0.3) is 5.91 Å². The molecule has 2 unspecified atom stereocenters. The first kappa shape index (κ1) is 27.7. The summed E-state index contributed by atoms with van der Waals surface area (Å²) in [5, 5.41) is 5.78. The summed E-state index contributed by atoms with van der Waals surface area (Å²) in [6, 6.07) is 29.4. The molecule has 9 heteroatoms. The lowest BCUT2D eigenvalue weighted by molar-refractivity contribution is -0.134. The molecule has 2 aliphatic rings. The van der Waals surface area contributed by atoms with Crippen molar-refractivity contribution in [1.82, 2.24) is 15.1 Å². The smallest absolute Gasteiger partial charge is 0.322 e. The van der Waals surface area contributed by atoms with Crippen LogP contribution in [0.5, 0.6) is 11.5 Å². The fraction of sp³-hybridized carbons (Fsp3) is 0.147. The van der Waals surface area contributed by atoms with Gasteiger partial charge in [0.05, 0.1) is 23.9 Å². The second-order valence-corrected chi connectivity index (χ2v) is 10.4. The molecule has 216 valence electrons. The number of benzene rings is 4. The molecular formula is C34H29FN4O4. The highest BCUT2D eigenvalue weighted by Crippen LogP contribution is 2.38. The Bertz CT molecular complexity index is 1690. The van der Waals surface area contributed by atoms with Crippen molar-refractivity contribution in [3.63, 3.8) is 0 Å². The Morgan fingerprint density at radius 1 is 0.930 bits per heavy atom. The van der Waals surface area contributed by atoms with E-state index in [0.717, 1.165) is 5.56 Å². The van der Waals surface area contributed by atoms with Crippen LogP contribution in [0.1, 0.15) is 17.2 Å². The van der Waals surface area contributed by atoms with E-state index in [1.165, 1.54) is 34.1 Å². The van der Waals surface area contributed by atoms with Crippen molar-refractivity contribution in [3.8, 4) is 11.5 Å². The lowest BCUT2D eigenvalue weighted by atomic mass is 9.95. The lowest BCUT2D eigenvalue weighted by Crippen LogP contribution is -2.47. The molecule has 8 nitrogen and oxygen atoms in total. The van der Waals surface area contributed by atoms with Crippen molar-refractivity contribution in [1.29, 1.82) is 0 Å². The molecule has 4 aromatic carbocycles. The number of nitrogens with zero attached hydrogens (tertiary/aromatic N) is 2. The van der Waals surface area contributed by atoms with Crippen LogP contribution in [0.3, 0.4) is 0 Å². The number of halogens is 1. The maximum Gasteiger partial charge on any atom is 0.322 e. The van der Waals surface area contributed by atoms with Gasteiger partial charge in [0.1, 0.15) is 23.4 Å². The number of carbonyl (C=O) groups excluding carboxylic acids is 3. The predicted molar refractivity (Wildman–Crippen MR) is 160 cm³/mol. The summed E-state index contributed by atoms with van der Waals surface area (Å²) in [6.45, 7) is 0.0726. The van der Waals surface area contributed by atoms with E-state index in [2.05, 4.69) is 10.6 Å². The van der Waals surface area contributed by atoms with Gasteiger partial charge < -0.3 is 20.3 Å². The number of carbonyl (C=O) groups is 3. The topological polar surface area (TPSA) is 91.0 Å². The zero-order valence-corrected chi connectivity index (χ0v) is 23.4. The normalized spacial score (nSPS) is 16.9. The maximum absolute atomic E-state index is 14.2. The molecule has 0 bridgehead atoms. The van der Waals surface area contributed by atoms with Crippen molar-refractivity contribution in [2.24, 2.45) is 0 Å². The second-order valence-electron chi connectivity index (χ2n) is 10.4. The van der Waals surface area contributed by atoms with Gasteiger partial charge in [-0.15, -0.1) is 0 Å². The third-order valence-electron chi connectivity index (χ3n) is 7.62. The minimum absolute atomic E-state index is 0.0726. The molecule has 43 heavy (non-hydrogen) atoms. The molecular weight excluding hydrogens is 547 g/mol. The quantitative estimate of drug-likeness (QED) is 0.283. The van der Waals surface area contributed by atoms with E-state index in [1.807, 2.05) is 72.8 Å². The van der Waals surface area contributed by atoms with Crippen LogP contribution in [-0.2, 0) is 16.0 Å². The third kappa shape index (κ3) is 5.83. The molecule has 0 aliphatic carbocycles. The van der Waals surface area contributed by atoms with Gasteiger partial charge in [0, 0.05) is 19.2 Å². The first-order chi connectivity index (χ1) is 20.9. The van der Waals surface area contributed by atoms with Crippen LogP contribution in [-0.4, -0.2) is 47.3 Å². The maximum atomic E-state index is 14.2. The minimum Gasteiger partial charge on any atom is -0.457 e. The van der Waals surface area contributed by atoms with Gasteiger partial charge in [-0.2, -0.15) is 0 Å². The Kier molecular flexibility index (Phi) is 7.61. The molecule has 2 heterocycles. The second kappa shape index (κ2) is 11.8. The summed E-state index contributed by atoms with van der Waals surface area (Å²) in [5.74, 6) is 0.0275. The number of anilines is 1. The summed E-state index contributed by atoms with van der Waals surface area (Å²) >= 11 is 0. The molecule has 0 saturated heterocycles. The number of nitrogens with one attached hydrogen (secondary N) is 2. The van der Waals surface area contributed by atoms with Crippen molar-refractivity contribution in [2.75, 3.05) is 18.9 Å². The van der Waals surface area contributed by atoms with Crippen molar-refractivity contribution in [3.05, 3.63) is 137 Å². The number of likely N-dealkylation sites (N-methyl/N-ethyl adjacent to an activating group) is 1. The highest BCUT2D eigenvalue weighted by atomic mass is 19.1.